The third kappa shape index (κ3) is 2.51. The summed E-state index contributed by atoms with van der Waals surface area (Å²) in [7, 11) is 1.61. The van der Waals surface area contributed by atoms with Crippen LogP contribution in [0.25, 0.3) is 0 Å². The van der Waals surface area contributed by atoms with Gasteiger partial charge in [0.2, 0.25) is 0 Å². The Morgan fingerprint density at radius 3 is 2.67 bits per heavy atom. The Balaban J connectivity index is 2.11. The molecule has 5 nitrogen and oxygen atoms in total. The lowest BCUT2D eigenvalue weighted by atomic mass is 10.1. The molecule has 1 heterocycles. The molecule has 0 bridgehead atoms. The maximum atomic E-state index is 11.1. The molecule has 0 aliphatic heterocycles. The van der Waals surface area contributed by atoms with Gasteiger partial charge in [-0.1, -0.05) is 29.8 Å². The number of carboxylic acids is 1. The van der Waals surface area contributed by atoms with E-state index in [1.54, 1.807) is 7.05 Å². The molecule has 1 aromatic heterocycles. The van der Waals surface area contributed by atoms with Crippen molar-refractivity contribution in [3.8, 4) is 0 Å². The molecule has 0 saturated heterocycles. The predicted molar refractivity (Wildman–Crippen MR) is 68.7 cm³/mol. The SMILES string of the molecule is Cc1ccc(CNc2cnn(C)c2C(=O)O)cc1. The molecule has 2 aromatic rings. The highest BCUT2D eigenvalue weighted by Gasteiger charge is 2.15. The fourth-order valence-electron chi connectivity index (χ4n) is 1.72. The fraction of sp³-hybridized carbons (Fsp3) is 0.231. The van der Waals surface area contributed by atoms with Crippen molar-refractivity contribution in [2.24, 2.45) is 7.05 Å². The minimum Gasteiger partial charge on any atom is -0.476 e. The second-order valence-corrected chi connectivity index (χ2v) is 4.17. The Morgan fingerprint density at radius 1 is 1.39 bits per heavy atom. The second-order valence-electron chi connectivity index (χ2n) is 4.17. The first-order chi connectivity index (χ1) is 8.58. The van der Waals surface area contributed by atoms with Crippen LogP contribution in [0.2, 0.25) is 0 Å². The van der Waals surface area contributed by atoms with Gasteiger partial charge in [-0.25, -0.2) is 4.79 Å². The highest BCUT2D eigenvalue weighted by molar-refractivity contribution is 5.92. The molecular weight excluding hydrogens is 230 g/mol. The van der Waals surface area contributed by atoms with Gasteiger partial charge >= 0.3 is 5.97 Å². The zero-order chi connectivity index (χ0) is 13.1. The lowest BCUT2D eigenvalue weighted by Gasteiger charge is -2.06. The lowest BCUT2D eigenvalue weighted by Crippen LogP contribution is -2.09. The zero-order valence-electron chi connectivity index (χ0n) is 10.3. The molecule has 5 heteroatoms. The van der Waals surface area contributed by atoms with Gasteiger partial charge in [0.25, 0.3) is 0 Å². The van der Waals surface area contributed by atoms with Crippen LogP contribution in [0.15, 0.2) is 30.5 Å². The van der Waals surface area contributed by atoms with Gasteiger partial charge in [0.15, 0.2) is 5.69 Å². The van der Waals surface area contributed by atoms with Crippen LogP contribution in [0.1, 0.15) is 21.6 Å². The van der Waals surface area contributed by atoms with Gasteiger partial charge < -0.3 is 10.4 Å². The average Bonchev–Trinajstić information content (AvgIpc) is 2.70. The number of aromatic carboxylic acids is 1. The van der Waals surface area contributed by atoms with Crippen LogP contribution in [0.4, 0.5) is 5.69 Å². The Labute approximate surface area is 105 Å². The molecule has 0 amide bonds. The lowest BCUT2D eigenvalue weighted by molar-refractivity contribution is 0.0686. The van der Waals surface area contributed by atoms with E-state index >= 15 is 0 Å². The number of nitrogens with one attached hydrogen (secondary N) is 1. The van der Waals surface area contributed by atoms with Crippen LogP contribution < -0.4 is 5.32 Å². The van der Waals surface area contributed by atoms with Crippen LogP contribution >= 0.6 is 0 Å². The predicted octanol–water partition coefficient (Wildman–Crippen LogP) is 2.04. The van der Waals surface area contributed by atoms with E-state index in [0.717, 1.165) is 5.56 Å². The number of carboxylic acid groups (broad SMARTS) is 1. The molecule has 0 saturated carbocycles. The molecule has 0 aliphatic carbocycles. The van der Waals surface area contributed by atoms with Crippen molar-refractivity contribution in [1.29, 1.82) is 0 Å². The number of hydrogen-bond acceptors (Lipinski definition) is 3. The molecule has 0 fully saturated rings. The summed E-state index contributed by atoms with van der Waals surface area (Å²) in [5, 5.41) is 16.1. The third-order valence-electron chi connectivity index (χ3n) is 2.74. The van der Waals surface area contributed by atoms with Gasteiger partial charge in [-0.15, -0.1) is 0 Å². The molecule has 0 radical (unpaired) electrons. The van der Waals surface area contributed by atoms with Crippen molar-refractivity contribution >= 4 is 11.7 Å². The molecule has 2 rings (SSSR count). The van der Waals surface area contributed by atoms with Crippen molar-refractivity contribution in [1.82, 2.24) is 9.78 Å². The first-order valence-corrected chi connectivity index (χ1v) is 5.62. The van der Waals surface area contributed by atoms with Gasteiger partial charge in [0.05, 0.1) is 11.9 Å². The number of carbonyl (C=O) groups is 1. The number of hydrogen-bond donors (Lipinski definition) is 2. The Bertz CT molecular complexity index is 558. The maximum absolute atomic E-state index is 11.1. The van der Waals surface area contributed by atoms with Crippen molar-refractivity contribution in [2.45, 2.75) is 13.5 Å². The minimum absolute atomic E-state index is 0.169. The van der Waals surface area contributed by atoms with Crippen LogP contribution in [0.3, 0.4) is 0 Å². The normalized spacial score (nSPS) is 10.3. The molecule has 18 heavy (non-hydrogen) atoms. The van der Waals surface area contributed by atoms with E-state index in [4.69, 9.17) is 5.11 Å². The average molecular weight is 245 g/mol. The van der Waals surface area contributed by atoms with Crippen LogP contribution in [0.5, 0.6) is 0 Å². The second kappa shape index (κ2) is 4.91. The maximum Gasteiger partial charge on any atom is 0.356 e. The summed E-state index contributed by atoms with van der Waals surface area (Å²) in [6, 6.07) is 8.08. The van der Waals surface area contributed by atoms with Gasteiger partial charge in [-0.2, -0.15) is 5.10 Å². The minimum atomic E-state index is -0.985. The number of aromatic nitrogens is 2. The summed E-state index contributed by atoms with van der Waals surface area (Å²) in [5.74, 6) is -0.985. The Kier molecular flexibility index (Phi) is 3.32. The van der Waals surface area contributed by atoms with Crippen molar-refractivity contribution < 1.29 is 9.90 Å². The molecule has 0 aliphatic rings. The number of anilines is 1. The molecule has 0 atom stereocenters. The van der Waals surface area contributed by atoms with Crippen LogP contribution in [-0.4, -0.2) is 20.9 Å². The van der Waals surface area contributed by atoms with E-state index in [1.807, 2.05) is 31.2 Å². The van der Waals surface area contributed by atoms with Gasteiger partial charge in [-0.05, 0) is 12.5 Å². The summed E-state index contributed by atoms with van der Waals surface area (Å²) in [6.45, 7) is 2.60. The van der Waals surface area contributed by atoms with Crippen molar-refractivity contribution in [3.63, 3.8) is 0 Å². The summed E-state index contributed by atoms with van der Waals surface area (Å²) in [5.41, 5.74) is 3.00. The van der Waals surface area contributed by atoms with Gasteiger partial charge in [0, 0.05) is 13.6 Å². The first kappa shape index (κ1) is 12.2. The number of rotatable bonds is 4. The van der Waals surface area contributed by atoms with Crippen LogP contribution in [0, 0.1) is 6.92 Å². The van der Waals surface area contributed by atoms with E-state index in [1.165, 1.54) is 16.4 Å². The zero-order valence-corrected chi connectivity index (χ0v) is 10.3. The van der Waals surface area contributed by atoms with E-state index in [2.05, 4.69) is 10.4 Å². The Morgan fingerprint density at radius 2 is 2.06 bits per heavy atom. The smallest absolute Gasteiger partial charge is 0.356 e. The topological polar surface area (TPSA) is 67.2 Å². The largest absolute Gasteiger partial charge is 0.476 e. The molecule has 0 spiro atoms. The number of nitrogens with zero attached hydrogens (tertiary/aromatic N) is 2. The van der Waals surface area contributed by atoms with Gasteiger partial charge in [0.1, 0.15) is 0 Å². The molecule has 0 unspecified atom stereocenters. The first-order valence-electron chi connectivity index (χ1n) is 5.62. The summed E-state index contributed by atoms with van der Waals surface area (Å²) < 4.78 is 1.35. The summed E-state index contributed by atoms with van der Waals surface area (Å²) in [6.07, 6.45) is 1.53. The summed E-state index contributed by atoms with van der Waals surface area (Å²) >= 11 is 0. The van der Waals surface area contributed by atoms with Gasteiger partial charge in [-0.3, -0.25) is 4.68 Å². The van der Waals surface area contributed by atoms with Crippen LogP contribution in [-0.2, 0) is 13.6 Å². The van der Waals surface area contributed by atoms with Crippen molar-refractivity contribution in [3.05, 3.63) is 47.3 Å². The molecule has 1 aromatic carbocycles. The molecular formula is C13H15N3O2. The highest BCUT2D eigenvalue weighted by atomic mass is 16.4. The molecule has 2 N–H and O–H groups in total. The highest BCUT2D eigenvalue weighted by Crippen LogP contribution is 2.15. The quantitative estimate of drug-likeness (QED) is 0.865. The third-order valence-corrected chi connectivity index (χ3v) is 2.74. The van der Waals surface area contributed by atoms with E-state index in [9.17, 15) is 4.79 Å². The van der Waals surface area contributed by atoms with E-state index in [-0.39, 0.29) is 5.69 Å². The summed E-state index contributed by atoms with van der Waals surface area (Å²) in [4.78, 5) is 11.1. The number of benzene rings is 1. The Hall–Kier alpha value is -2.30. The monoisotopic (exact) mass is 245 g/mol. The number of aryl methyl sites for hydroxylation is 2. The van der Waals surface area contributed by atoms with Crippen molar-refractivity contribution in [2.75, 3.05) is 5.32 Å². The van der Waals surface area contributed by atoms with E-state index in [0.29, 0.717) is 12.2 Å². The van der Waals surface area contributed by atoms with E-state index < -0.39 is 5.97 Å². The standard InChI is InChI=1S/C13H15N3O2/c1-9-3-5-10(6-4-9)7-14-11-8-15-16(2)12(11)13(17)18/h3-6,8,14H,7H2,1-2H3,(H,17,18). The fourth-order valence-corrected chi connectivity index (χ4v) is 1.72. The molecule has 94 valence electrons.